The summed E-state index contributed by atoms with van der Waals surface area (Å²) in [7, 11) is 0. The quantitative estimate of drug-likeness (QED) is 0.802. The number of carbonyl (C=O) groups excluding carboxylic acids is 1. The second kappa shape index (κ2) is 6.84. The molecule has 6 heteroatoms. The van der Waals surface area contributed by atoms with Crippen LogP contribution in [0.5, 0.6) is 0 Å². The van der Waals surface area contributed by atoms with Crippen LogP contribution in [0.1, 0.15) is 41.2 Å². The predicted molar refractivity (Wildman–Crippen MR) is 69.1 cm³/mol. The van der Waals surface area contributed by atoms with E-state index < -0.39 is 5.97 Å². The number of hydrogen-bond acceptors (Lipinski definition) is 4. The number of rotatable bonds is 6. The van der Waals surface area contributed by atoms with Crippen molar-refractivity contribution in [3.63, 3.8) is 0 Å². The molecule has 1 aromatic heterocycles. The lowest BCUT2D eigenvalue weighted by molar-refractivity contribution is 0.0682. The first-order valence-corrected chi connectivity index (χ1v) is 6.09. The van der Waals surface area contributed by atoms with E-state index in [-0.39, 0.29) is 29.9 Å². The van der Waals surface area contributed by atoms with Crippen molar-refractivity contribution in [2.45, 2.75) is 26.3 Å². The highest BCUT2D eigenvalue weighted by atomic mass is 16.4. The van der Waals surface area contributed by atoms with E-state index in [0.717, 1.165) is 0 Å². The van der Waals surface area contributed by atoms with E-state index in [4.69, 9.17) is 10.2 Å². The van der Waals surface area contributed by atoms with Gasteiger partial charge in [-0.3, -0.25) is 4.79 Å². The Morgan fingerprint density at radius 3 is 2.47 bits per heavy atom. The minimum absolute atomic E-state index is 0.000899. The molecule has 0 radical (unpaired) electrons. The van der Waals surface area contributed by atoms with Crippen LogP contribution in [0.25, 0.3) is 0 Å². The Bertz CT molecular complexity index is 460. The number of aliphatic hydroxyl groups is 1. The molecule has 0 aliphatic heterocycles. The van der Waals surface area contributed by atoms with Crippen LogP contribution in [0.4, 0.5) is 0 Å². The zero-order chi connectivity index (χ0) is 14.4. The number of aromatic nitrogens is 1. The number of carboxylic acid groups (broad SMARTS) is 1. The van der Waals surface area contributed by atoms with Gasteiger partial charge < -0.3 is 15.1 Å². The Morgan fingerprint density at radius 1 is 1.32 bits per heavy atom. The number of hydrogen-bond donors (Lipinski definition) is 2. The van der Waals surface area contributed by atoms with Gasteiger partial charge in [0, 0.05) is 19.2 Å². The van der Waals surface area contributed by atoms with Crippen molar-refractivity contribution in [2.75, 3.05) is 13.2 Å². The van der Waals surface area contributed by atoms with E-state index in [1.165, 1.54) is 18.2 Å². The van der Waals surface area contributed by atoms with Crippen LogP contribution in [-0.4, -0.2) is 51.2 Å². The molecule has 0 saturated carbocycles. The van der Waals surface area contributed by atoms with Gasteiger partial charge in [0.15, 0.2) is 0 Å². The van der Waals surface area contributed by atoms with E-state index in [2.05, 4.69) is 4.98 Å². The highest BCUT2D eigenvalue weighted by Crippen LogP contribution is 2.08. The van der Waals surface area contributed by atoms with Crippen LogP contribution in [0, 0.1) is 0 Å². The summed E-state index contributed by atoms with van der Waals surface area (Å²) < 4.78 is 0. The molecule has 19 heavy (non-hydrogen) atoms. The summed E-state index contributed by atoms with van der Waals surface area (Å²) in [6, 6.07) is 4.28. The average Bonchev–Trinajstić information content (AvgIpc) is 2.38. The van der Waals surface area contributed by atoms with Gasteiger partial charge in [-0.2, -0.15) is 0 Å². The fraction of sp³-hybridized carbons (Fsp3) is 0.462. The zero-order valence-electron chi connectivity index (χ0n) is 11.0. The smallest absolute Gasteiger partial charge is 0.354 e. The van der Waals surface area contributed by atoms with Crippen LogP contribution in [-0.2, 0) is 0 Å². The second-order valence-electron chi connectivity index (χ2n) is 4.38. The first-order chi connectivity index (χ1) is 8.97. The molecule has 6 nitrogen and oxygen atoms in total. The van der Waals surface area contributed by atoms with Crippen molar-refractivity contribution >= 4 is 11.9 Å². The molecule has 104 valence electrons. The molecular formula is C13H18N2O4. The Labute approximate surface area is 111 Å². The maximum atomic E-state index is 12.3. The SMILES string of the molecule is CC(C)N(CCCO)C(=O)c1cccc(C(=O)O)n1. The van der Waals surface area contributed by atoms with Crippen molar-refractivity contribution in [3.05, 3.63) is 29.6 Å². The highest BCUT2D eigenvalue weighted by Gasteiger charge is 2.20. The van der Waals surface area contributed by atoms with Crippen molar-refractivity contribution < 1.29 is 19.8 Å². The molecule has 0 aliphatic rings. The summed E-state index contributed by atoms with van der Waals surface area (Å²) in [4.78, 5) is 28.5. The molecular weight excluding hydrogens is 248 g/mol. The molecule has 1 aromatic rings. The molecule has 0 unspecified atom stereocenters. The molecule has 0 fully saturated rings. The highest BCUT2D eigenvalue weighted by molar-refractivity contribution is 5.94. The Hall–Kier alpha value is -1.95. The van der Waals surface area contributed by atoms with Gasteiger partial charge in [-0.05, 0) is 32.4 Å². The second-order valence-corrected chi connectivity index (χ2v) is 4.38. The van der Waals surface area contributed by atoms with Crippen LogP contribution >= 0.6 is 0 Å². The van der Waals surface area contributed by atoms with Gasteiger partial charge in [0.05, 0.1) is 0 Å². The van der Waals surface area contributed by atoms with E-state index in [1.807, 2.05) is 13.8 Å². The average molecular weight is 266 g/mol. The maximum Gasteiger partial charge on any atom is 0.354 e. The molecule has 1 heterocycles. The zero-order valence-corrected chi connectivity index (χ0v) is 11.0. The summed E-state index contributed by atoms with van der Waals surface area (Å²) in [5.74, 6) is -1.49. The third-order valence-electron chi connectivity index (χ3n) is 2.63. The molecule has 0 spiro atoms. The third kappa shape index (κ3) is 4.03. The topological polar surface area (TPSA) is 90.7 Å². The van der Waals surface area contributed by atoms with Gasteiger partial charge in [0.1, 0.15) is 11.4 Å². The molecule has 2 N–H and O–H groups in total. The van der Waals surface area contributed by atoms with Crippen molar-refractivity contribution in [3.8, 4) is 0 Å². The molecule has 0 aliphatic carbocycles. The van der Waals surface area contributed by atoms with Gasteiger partial charge >= 0.3 is 5.97 Å². The molecule has 0 atom stereocenters. The molecule has 1 rings (SSSR count). The Kier molecular flexibility index (Phi) is 5.44. The lowest BCUT2D eigenvalue weighted by atomic mass is 10.2. The monoisotopic (exact) mass is 266 g/mol. The van der Waals surface area contributed by atoms with Crippen LogP contribution in [0.2, 0.25) is 0 Å². The number of carbonyl (C=O) groups is 2. The first-order valence-electron chi connectivity index (χ1n) is 6.09. The summed E-state index contributed by atoms with van der Waals surface area (Å²) in [6.07, 6.45) is 0.475. The molecule has 0 bridgehead atoms. The lowest BCUT2D eigenvalue weighted by Crippen LogP contribution is -2.38. The van der Waals surface area contributed by atoms with E-state index in [9.17, 15) is 9.59 Å². The molecule has 1 amide bonds. The van der Waals surface area contributed by atoms with E-state index in [1.54, 1.807) is 4.90 Å². The Balaban J connectivity index is 2.95. The normalized spacial score (nSPS) is 10.5. The van der Waals surface area contributed by atoms with Gasteiger partial charge in [-0.25, -0.2) is 9.78 Å². The Morgan fingerprint density at radius 2 is 1.95 bits per heavy atom. The predicted octanol–water partition coefficient (Wildman–Crippen LogP) is 1.01. The fourth-order valence-corrected chi connectivity index (χ4v) is 1.66. The van der Waals surface area contributed by atoms with Gasteiger partial charge in [0.2, 0.25) is 0 Å². The fourth-order valence-electron chi connectivity index (χ4n) is 1.66. The van der Waals surface area contributed by atoms with Crippen LogP contribution in [0.15, 0.2) is 18.2 Å². The largest absolute Gasteiger partial charge is 0.477 e. The van der Waals surface area contributed by atoms with Crippen LogP contribution in [0.3, 0.4) is 0 Å². The first kappa shape index (κ1) is 15.1. The molecule has 0 aromatic carbocycles. The number of nitrogens with zero attached hydrogens (tertiary/aromatic N) is 2. The third-order valence-corrected chi connectivity index (χ3v) is 2.63. The summed E-state index contributed by atoms with van der Waals surface area (Å²) in [6.45, 7) is 4.12. The van der Waals surface area contributed by atoms with Gasteiger partial charge in [0.25, 0.3) is 5.91 Å². The summed E-state index contributed by atoms with van der Waals surface area (Å²) in [5.41, 5.74) is -0.0525. The maximum absolute atomic E-state index is 12.3. The van der Waals surface area contributed by atoms with E-state index in [0.29, 0.717) is 13.0 Å². The summed E-state index contributed by atoms with van der Waals surface area (Å²) >= 11 is 0. The number of pyridine rings is 1. The van der Waals surface area contributed by atoms with Gasteiger partial charge in [-0.1, -0.05) is 6.07 Å². The van der Waals surface area contributed by atoms with Crippen molar-refractivity contribution in [2.24, 2.45) is 0 Å². The van der Waals surface area contributed by atoms with Crippen LogP contribution < -0.4 is 0 Å². The van der Waals surface area contributed by atoms with E-state index >= 15 is 0 Å². The standard InChI is InChI=1S/C13H18N2O4/c1-9(2)15(7-4-8-16)12(17)10-5-3-6-11(14-10)13(18)19/h3,5-6,9,16H,4,7-8H2,1-2H3,(H,18,19). The number of aliphatic hydroxyl groups excluding tert-OH is 1. The lowest BCUT2D eigenvalue weighted by Gasteiger charge is -2.26. The number of amides is 1. The van der Waals surface area contributed by atoms with Crippen molar-refractivity contribution in [1.29, 1.82) is 0 Å². The number of carboxylic acids is 1. The van der Waals surface area contributed by atoms with Crippen molar-refractivity contribution in [1.82, 2.24) is 9.88 Å². The number of aromatic carboxylic acids is 1. The summed E-state index contributed by atoms with van der Waals surface area (Å²) in [5, 5.41) is 17.7. The van der Waals surface area contributed by atoms with Gasteiger partial charge in [-0.15, -0.1) is 0 Å². The molecule has 0 saturated heterocycles. The minimum Gasteiger partial charge on any atom is -0.477 e. The minimum atomic E-state index is -1.17.